The van der Waals surface area contributed by atoms with Gasteiger partial charge in [-0.3, -0.25) is 14.5 Å². The molecule has 0 radical (unpaired) electrons. The van der Waals surface area contributed by atoms with E-state index in [0.29, 0.717) is 37.0 Å². The highest BCUT2D eigenvalue weighted by atomic mass is 35.5. The molecule has 0 atom stereocenters. The van der Waals surface area contributed by atoms with Crippen LogP contribution in [-0.2, 0) is 16.1 Å². The summed E-state index contributed by atoms with van der Waals surface area (Å²) in [6, 6.07) is 13.3. The topological polar surface area (TPSA) is 53.1 Å². The molecule has 4 rings (SSSR count). The Morgan fingerprint density at radius 3 is 2.30 bits per heavy atom. The summed E-state index contributed by atoms with van der Waals surface area (Å²) in [6.07, 6.45) is 1.91. The zero-order chi connectivity index (χ0) is 23.2. The Hall–Kier alpha value is -2.64. The van der Waals surface area contributed by atoms with Crippen molar-refractivity contribution in [3.8, 4) is 5.75 Å². The lowest BCUT2D eigenvalue weighted by molar-refractivity contribution is -0.135. The average Bonchev–Trinajstić information content (AvgIpc) is 3.68. The Morgan fingerprint density at radius 1 is 1.00 bits per heavy atom. The molecule has 33 heavy (non-hydrogen) atoms. The molecule has 2 fully saturated rings. The second kappa shape index (κ2) is 11.0. The van der Waals surface area contributed by atoms with Gasteiger partial charge in [-0.05, 0) is 54.8 Å². The molecule has 8 heteroatoms. The standard InChI is InChI=1S/C25H29ClFN3O3/c26-21-5-9-23(10-6-21)33-18-24(31)29-14-11-28(12-15-29)13-16-30(25(32)20-3-4-20)17-19-1-7-22(27)8-2-19/h1-2,5-10,20H,3-4,11-18H2. The molecule has 0 aromatic heterocycles. The van der Waals surface area contributed by atoms with Crippen LogP contribution >= 0.6 is 11.6 Å². The highest BCUT2D eigenvalue weighted by Crippen LogP contribution is 2.31. The first kappa shape index (κ1) is 23.5. The van der Waals surface area contributed by atoms with Gasteiger partial charge in [-0.1, -0.05) is 23.7 Å². The number of benzene rings is 2. The zero-order valence-electron chi connectivity index (χ0n) is 18.6. The van der Waals surface area contributed by atoms with E-state index in [1.807, 2.05) is 9.80 Å². The average molecular weight is 474 g/mol. The fourth-order valence-corrected chi connectivity index (χ4v) is 4.04. The second-order valence-corrected chi connectivity index (χ2v) is 9.06. The summed E-state index contributed by atoms with van der Waals surface area (Å²) >= 11 is 5.87. The van der Waals surface area contributed by atoms with Gasteiger partial charge in [0.15, 0.2) is 6.61 Å². The zero-order valence-corrected chi connectivity index (χ0v) is 19.3. The van der Waals surface area contributed by atoms with E-state index in [0.717, 1.165) is 38.0 Å². The number of halogens is 2. The highest BCUT2D eigenvalue weighted by Gasteiger charge is 2.33. The molecule has 6 nitrogen and oxygen atoms in total. The predicted octanol–water partition coefficient (Wildman–Crippen LogP) is 3.44. The van der Waals surface area contributed by atoms with Gasteiger partial charge in [0.25, 0.3) is 5.91 Å². The van der Waals surface area contributed by atoms with Gasteiger partial charge in [0.1, 0.15) is 11.6 Å². The van der Waals surface area contributed by atoms with E-state index in [4.69, 9.17) is 16.3 Å². The van der Waals surface area contributed by atoms with Crippen molar-refractivity contribution in [2.45, 2.75) is 19.4 Å². The lowest BCUT2D eigenvalue weighted by Gasteiger charge is -2.36. The van der Waals surface area contributed by atoms with Gasteiger partial charge in [0, 0.05) is 56.8 Å². The molecule has 2 aromatic carbocycles. The van der Waals surface area contributed by atoms with Crippen molar-refractivity contribution in [2.24, 2.45) is 5.92 Å². The molecule has 2 aliphatic rings. The monoisotopic (exact) mass is 473 g/mol. The molecule has 2 aromatic rings. The van der Waals surface area contributed by atoms with Crippen LogP contribution in [0.4, 0.5) is 4.39 Å². The first-order valence-electron chi connectivity index (χ1n) is 11.4. The Labute approximate surface area is 198 Å². The number of rotatable bonds is 9. The molecular formula is C25H29ClFN3O3. The molecule has 1 heterocycles. The van der Waals surface area contributed by atoms with E-state index in [1.165, 1.54) is 12.1 Å². The van der Waals surface area contributed by atoms with Crippen molar-refractivity contribution in [3.05, 3.63) is 64.9 Å². The minimum Gasteiger partial charge on any atom is -0.484 e. The Bertz CT molecular complexity index is 942. The van der Waals surface area contributed by atoms with Crippen molar-refractivity contribution in [1.29, 1.82) is 0 Å². The van der Waals surface area contributed by atoms with E-state index in [2.05, 4.69) is 4.90 Å². The summed E-state index contributed by atoms with van der Waals surface area (Å²) in [4.78, 5) is 31.2. The number of piperazine rings is 1. The number of carbonyl (C=O) groups excluding carboxylic acids is 2. The van der Waals surface area contributed by atoms with Gasteiger partial charge < -0.3 is 14.5 Å². The summed E-state index contributed by atoms with van der Waals surface area (Å²) < 4.78 is 18.8. The lowest BCUT2D eigenvalue weighted by atomic mass is 10.2. The second-order valence-electron chi connectivity index (χ2n) is 8.63. The summed E-state index contributed by atoms with van der Waals surface area (Å²) in [5, 5.41) is 0.625. The smallest absolute Gasteiger partial charge is 0.260 e. The fourth-order valence-electron chi connectivity index (χ4n) is 3.92. The molecular weight excluding hydrogens is 445 g/mol. The van der Waals surface area contributed by atoms with Crippen molar-refractivity contribution < 1.29 is 18.7 Å². The third-order valence-corrected chi connectivity index (χ3v) is 6.36. The van der Waals surface area contributed by atoms with E-state index >= 15 is 0 Å². The van der Waals surface area contributed by atoms with E-state index in [9.17, 15) is 14.0 Å². The van der Waals surface area contributed by atoms with E-state index < -0.39 is 0 Å². The number of hydrogen-bond acceptors (Lipinski definition) is 4. The SMILES string of the molecule is O=C(COc1ccc(Cl)cc1)N1CCN(CCN(Cc2ccc(F)cc2)C(=O)C2CC2)CC1. The quantitative estimate of drug-likeness (QED) is 0.560. The number of hydrogen-bond donors (Lipinski definition) is 0. The van der Waals surface area contributed by atoms with Gasteiger partial charge in [-0.15, -0.1) is 0 Å². The number of ether oxygens (including phenoxy) is 1. The van der Waals surface area contributed by atoms with Crippen molar-refractivity contribution in [1.82, 2.24) is 14.7 Å². The van der Waals surface area contributed by atoms with E-state index in [-0.39, 0.29) is 30.2 Å². The maximum atomic E-state index is 13.2. The van der Waals surface area contributed by atoms with Gasteiger partial charge >= 0.3 is 0 Å². The first-order chi connectivity index (χ1) is 16.0. The third kappa shape index (κ3) is 6.92. The van der Waals surface area contributed by atoms with Crippen molar-refractivity contribution in [3.63, 3.8) is 0 Å². The van der Waals surface area contributed by atoms with Crippen LogP contribution in [0.5, 0.6) is 5.75 Å². The maximum absolute atomic E-state index is 13.2. The third-order valence-electron chi connectivity index (χ3n) is 6.11. The molecule has 0 bridgehead atoms. The summed E-state index contributed by atoms with van der Waals surface area (Å²) in [7, 11) is 0. The predicted molar refractivity (Wildman–Crippen MR) is 125 cm³/mol. The van der Waals surface area contributed by atoms with Crippen molar-refractivity contribution >= 4 is 23.4 Å². The Balaban J connectivity index is 1.22. The minimum absolute atomic E-state index is 0.00295. The summed E-state index contributed by atoms with van der Waals surface area (Å²) in [5.41, 5.74) is 0.932. The van der Waals surface area contributed by atoms with Crippen molar-refractivity contribution in [2.75, 3.05) is 45.9 Å². The van der Waals surface area contributed by atoms with Crippen LogP contribution in [0.1, 0.15) is 18.4 Å². The van der Waals surface area contributed by atoms with Crippen LogP contribution in [0.15, 0.2) is 48.5 Å². The van der Waals surface area contributed by atoms with Crippen LogP contribution in [-0.4, -0.2) is 72.4 Å². The lowest BCUT2D eigenvalue weighted by Crippen LogP contribution is -2.51. The van der Waals surface area contributed by atoms with Gasteiger partial charge in [-0.25, -0.2) is 4.39 Å². The highest BCUT2D eigenvalue weighted by molar-refractivity contribution is 6.30. The molecule has 2 amide bonds. The largest absolute Gasteiger partial charge is 0.484 e. The number of amides is 2. The Morgan fingerprint density at radius 2 is 1.67 bits per heavy atom. The fraction of sp³-hybridized carbons (Fsp3) is 0.440. The normalized spacial score (nSPS) is 16.5. The van der Waals surface area contributed by atoms with E-state index in [1.54, 1.807) is 36.4 Å². The van der Waals surface area contributed by atoms with Crippen LogP contribution in [0.3, 0.4) is 0 Å². The maximum Gasteiger partial charge on any atom is 0.260 e. The Kier molecular flexibility index (Phi) is 7.83. The summed E-state index contributed by atoms with van der Waals surface area (Å²) in [5.74, 6) is 0.636. The summed E-state index contributed by atoms with van der Waals surface area (Å²) in [6.45, 7) is 4.67. The molecule has 0 spiro atoms. The number of nitrogens with zero attached hydrogens (tertiary/aromatic N) is 3. The molecule has 176 valence electrons. The molecule has 1 aliphatic carbocycles. The van der Waals surface area contributed by atoms with Gasteiger partial charge in [0.05, 0.1) is 0 Å². The van der Waals surface area contributed by atoms with Gasteiger partial charge in [-0.2, -0.15) is 0 Å². The molecule has 0 N–H and O–H groups in total. The molecule has 1 saturated carbocycles. The van der Waals surface area contributed by atoms with Crippen LogP contribution in [0.2, 0.25) is 5.02 Å². The number of carbonyl (C=O) groups is 2. The van der Waals surface area contributed by atoms with Crippen LogP contribution < -0.4 is 4.74 Å². The minimum atomic E-state index is -0.273. The first-order valence-corrected chi connectivity index (χ1v) is 11.8. The molecule has 1 saturated heterocycles. The van der Waals surface area contributed by atoms with Gasteiger partial charge in [0.2, 0.25) is 5.91 Å². The molecule has 0 unspecified atom stereocenters. The van der Waals surface area contributed by atoms with Crippen LogP contribution in [0.25, 0.3) is 0 Å². The van der Waals surface area contributed by atoms with Crippen LogP contribution in [0, 0.1) is 11.7 Å². The molecule has 1 aliphatic heterocycles.